The van der Waals surface area contributed by atoms with Crippen LogP contribution < -0.4 is 162 Å². The molecule has 4 rings (SSSR count). The topological polar surface area (TPSA) is 179 Å². The summed E-state index contributed by atoms with van der Waals surface area (Å²) >= 11 is 0. The number of phenolic OH excluding ortho intramolecular Hbond substituents is 1. The van der Waals surface area contributed by atoms with Crippen LogP contribution in [-0.4, -0.2) is 50.5 Å². The number of aliphatic hydroxyl groups excluding tert-OH is 1. The standard InChI is InChI=1S/C19H21FN2O6S.CH2O3.2Cs/c20-17-14-9-13(28-7-6-19(11-23)4-1-5-19)3-2-12(14)8-15(24)18(17)22-10-16(25)21-29(22,26)27;2-1(3)4;;/h2-3,8-9,23-24H,1,4-7,10-11H2,(H,21,25);(H2,2,3,4);;/q;;2*+1/p-2. The molecule has 0 aromatic heterocycles. The molecule has 1 saturated heterocycles. The van der Waals surface area contributed by atoms with Crippen LogP contribution >= 0.6 is 0 Å². The third-order valence-corrected chi connectivity index (χ3v) is 7.10. The SMILES string of the molecule is O=C([O-])[O-].O=C1CN(c2c(O)cc3ccc(OCCC4(CO)CCC4)cc3c2F)S(=O)(=O)N1.[Cs+].[Cs+]. The van der Waals surface area contributed by atoms with Crippen molar-refractivity contribution in [3.63, 3.8) is 0 Å². The number of nitrogens with zero attached hydrogens (tertiary/aromatic N) is 1. The Morgan fingerprint density at radius 2 is 1.86 bits per heavy atom. The van der Waals surface area contributed by atoms with Crippen LogP contribution in [0, 0.1) is 11.2 Å². The van der Waals surface area contributed by atoms with E-state index in [0.29, 0.717) is 28.5 Å². The Morgan fingerprint density at radius 1 is 1.23 bits per heavy atom. The molecule has 1 saturated carbocycles. The zero-order valence-electron chi connectivity index (χ0n) is 19.2. The molecule has 3 N–H and O–H groups in total. The van der Waals surface area contributed by atoms with Crippen LogP contribution in [0.15, 0.2) is 24.3 Å². The molecule has 0 spiro atoms. The average Bonchev–Trinajstić information content (AvgIpc) is 2.96. The molecule has 0 bridgehead atoms. The molecule has 1 aliphatic heterocycles. The summed E-state index contributed by atoms with van der Waals surface area (Å²) in [7, 11) is -4.26. The number of carboxylic acid groups (broad SMARTS) is 2. The minimum absolute atomic E-state index is 0. The monoisotopic (exact) mass is 750 g/mol. The van der Waals surface area contributed by atoms with Crippen LogP contribution in [0.5, 0.6) is 11.5 Å². The maximum atomic E-state index is 15.2. The van der Waals surface area contributed by atoms with Gasteiger partial charge in [0.1, 0.15) is 23.7 Å². The summed E-state index contributed by atoms with van der Waals surface area (Å²) in [5.74, 6) is -1.97. The Morgan fingerprint density at radius 3 is 2.34 bits per heavy atom. The number of hydrogen-bond donors (Lipinski definition) is 3. The van der Waals surface area contributed by atoms with Gasteiger partial charge in [0.05, 0.1) is 6.61 Å². The van der Waals surface area contributed by atoms with Gasteiger partial charge in [-0.3, -0.25) is 4.79 Å². The zero-order chi connectivity index (χ0) is 24.4. The predicted octanol–water partition coefficient (Wildman–Crippen LogP) is -6.64. The van der Waals surface area contributed by atoms with E-state index in [-0.39, 0.29) is 155 Å². The van der Waals surface area contributed by atoms with Gasteiger partial charge in [-0.05, 0) is 54.4 Å². The number of hydrogen-bond acceptors (Lipinski definition) is 9. The second-order valence-corrected chi connectivity index (χ2v) is 9.43. The minimum Gasteiger partial charge on any atom is -0.652 e. The molecule has 0 radical (unpaired) electrons. The first-order chi connectivity index (χ1) is 15.5. The summed E-state index contributed by atoms with van der Waals surface area (Å²) in [4.78, 5) is 19.8. The van der Waals surface area contributed by atoms with Crippen molar-refractivity contribution in [2.24, 2.45) is 5.41 Å². The van der Waals surface area contributed by atoms with Gasteiger partial charge in [-0.25, -0.2) is 13.4 Å². The Balaban J connectivity index is 0.000000950. The third kappa shape index (κ3) is 8.38. The van der Waals surface area contributed by atoms with Crippen LogP contribution in [0.3, 0.4) is 0 Å². The number of amides is 1. The van der Waals surface area contributed by atoms with E-state index in [9.17, 15) is 23.4 Å². The van der Waals surface area contributed by atoms with Gasteiger partial charge >= 0.3 is 148 Å². The molecule has 2 aliphatic rings. The van der Waals surface area contributed by atoms with Crippen molar-refractivity contribution in [2.75, 3.05) is 24.1 Å². The Bertz CT molecular complexity index is 1180. The van der Waals surface area contributed by atoms with E-state index < -0.39 is 46.1 Å². The number of phenols is 1. The molecule has 35 heavy (non-hydrogen) atoms. The summed E-state index contributed by atoms with van der Waals surface area (Å²) < 4.78 is 47.2. The van der Waals surface area contributed by atoms with Gasteiger partial charge in [-0.2, -0.15) is 8.42 Å². The summed E-state index contributed by atoms with van der Waals surface area (Å²) in [6.07, 6.45) is 1.35. The van der Waals surface area contributed by atoms with Crippen LogP contribution in [0.25, 0.3) is 10.8 Å². The predicted molar refractivity (Wildman–Crippen MR) is 109 cm³/mol. The molecule has 1 aliphatic carbocycles. The number of anilines is 1. The number of aromatic hydroxyl groups is 1. The average molecular weight is 750 g/mol. The van der Waals surface area contributed by atoms with E-state index >= 15 is 4.39 Å². The summed E-state index contributed by atoms with van der Waals surface area (Å²) in [5, 5.41) is 36.8. The number of carbonyl (C=O) groups excluding carboxylic acids is 2. The second-order valence-electron chi connectivity index (χ2n) is 7.84. The van der Waals surface area contributed by atoms with E-state index in [4.69, 9.17) is 19.7 Å². The van der Waals surface area contributed by atoms with Crippen molar-refractivity contribution in [1.29, 1.82) is 0 Å². The first-order valence-corrected chi connectivity index (χ1v) is 11.3. The molecule has 15 heteroatoms. The number of aliphatic hydroxyl groups is 1. The third-order valence-electron chi connectivity index (χ3n) is 5.72. The maximum absolute atomic E-state index is 15.2. The Kier molecular flexibility index (Phi) is 13.8. The number of rotatable bonds is 6. The molecule has 1 amide bonds. The van der Waals surface area contributed by atoms with E-state index in [1.807, 2.05) is 0 Å². The maximum Gasteiger partial charge on any atom is 1.00 e. The van der Waals surface area contributed by atoms with E-state index in [1.165, 1.54) is 12.1 Å². The van der Waals surface area contributed by atoms with Gasteiger partial charge in [0.2, 0.25) is 0 Å². The van der Waals surface area contributed by atoms with E-state index in [1.54, 1.807) is 16.9 Å². The Hall–Kier alpha value is 0.784. The molecule has 0 atom stereocenters. The number of nitrogens with one attached hydrogen (secondary N) is 1. The number of ether oxygens (including phenoxy) is 1. The van der Waals surface area contributed by atoms with E-state index in [2.05, 4.69) is 0 Å². The minimum atomic E-state index is -4.26. The molecule has 2 aromatic carbocycles. The summed E-state index contributed by atoms with van der Waals surface area (Å²) in [6, 6.07) is 5.86. The van der Waals surface area contributed by atoms with Crippen LogP contribution in [0.1, 0.15) is 25.7 Å². The van der Waals surface area contributed by atoms with Gasteiger partial charge in [0, 0.05) is 12.0 Å². The van der Waals surface area contributed by atoms with Gasteiger partial charge < -0.3 is 30.0 Å². The van der Waals surface area contributed by atoms with Crippen molar-refractivity contribution >= 4 is 38.7 Å². The van der Waals surface area contributed by atoms with Crippen molar-refractivity contribution in [1.82, 2.24) is 4.72 Å². The van der Waals surface area contributed by atoms with Gasteiger partial charge in [0.25, 0.3) is 5.91 Å². The smallest absolute Gasteiger partial charge is 0.652 e. The molecule has 180 valence electrons. The zero-order valence-corrected chi connectivity index (χ0v) is 32.6. The fraction of sp³-hybridized carbons (Fsp3) is 0.400. The molecule has 2 aromatic rings. The van der Waals surface area contributed by atoms with Gasteiger partial charge in [-0.15, -0.1) is 0 Å². The quantitative estimate of drug-likeness (QED) is 0.259. The van der Waals surface area contributed by atoms with Crippen molar-refractivity contribution < 1.29 is 185 Å². The Labute approximate surface area is 318 Å². The molecule has 1 heterocycles. The fourth-order valence-corrected chi connectivity index (χ4v) is 4.99. The molecular formula is C20H21Cs2FN2O9S. The number of benzene rings is 2. The normalized spacial score (nSPS) is 17.1. The van der Waals surface area contributed by atoms with Gasteiger partial charge in [-0.1, -0.05) is 12.5 Å². The first-order valence-electron chi connectivity index (χ1n) is 9.88. The molecule has 0 unspecified atom stereocenters. The number of halogens is 1. The van der Waals surface area contributed by atoms with E-state index in [0.717, 1.165) is 19.3 Å². The first kappa shape index (κ1) is 33.8. The number of carbonyl (C=O) groups is 2. The second kappa shape index (κ2) is 14.2. The summed E-state index contributed by atoms with van der Waals surface area (Å²) in [6.45, 7) is -0.141. The van der Waals surface area contributed by atoms with Crippen LogP contribution in [-0.2, 0) is 15.0 Å². The largest absolute Gasteiger partial charge is 1.00 e. The van der Waals surface area contributed by atoms with Crippen LogP contribution in [0.2, 0.25) is 0 Å². The number of fused-ring (bicyclic) bond motifs is 1. The van der Waals surface area contributed by atoms with Crippen molar-refractivity contribution in [3.8, 4) is 11.5 Å². The van der Waals surface area contributed by atoms with Crippen molar-refractivity contribution in [2.45, 2.75) is 25.7 Å². The molecule has 11 nitrogen and oxygen atoms in total. The van der Waals surface area contributed by atoms with Crippen LogP contribution in [0.4, 0.5) is 14.9 Å². The fourth-order valence-electron chi connectivity index (χ4n) is 3.83. The summed E-state index contributed by atoms with van der Waals surface area (Å²) in [5.41, 5.74) is -0.674. The van der Waals surface area contributed by atoms with Crippen molar-refractivity contribution in [3.05, 3.63) is 30.1 Å². The molecular weight excluding hydrogens is 729 g/mol. The van der Waals surface area contributed by atoms with Gasteiger partial charge in [0.15, 0.2) is 5.82 Å². The molecule has 2 fully saturated rings.